The molecule has 1 fully saturated rings. The maximum atomic E-state index is 12.7. The number of hydrogen-bond acceptors (Lipinski definition) is 7. The van der Waals surface area contributed by atoms with Crippen molar-refractivity contribution in [2.75, 3.05) is 19.7 Å². The summed E-state index contributed by atoms with van der Waals surface area (Å²) in [5, 5.41) is 0. The second-order valence-electron chi connectivity index (χ2n) is 9.66. The molecule has 2 heterocycles. The molecule has 1 aliphatic heterocycles. The Labute approximate surface area is 211 Å². The number of esters is 1. The number of amides is 1. The molecule has 0 spiro atoms. The van der Waals surface area contributed by atoms with Crippen molar-refractivity contribution >= 4 is 12.1 Å². The van der Waals surface area contributed by atoms with Gasteiger partial charge in [-0.2, -0.15) is 0 Å². The standard InChI is InChI=1S/C28H32N2O6/c1-5-33-26(31)23-24(19-13-15-22(16-14-19)34-21-11-7-6-8-12-21)35-25(29-23)20-10-9-17-30(18-20)27(32)36-28(2,3)4/h6-8,11-16,20H,5,9-10,17-18H2,1-4H3. The van der Waals surface area contributed by atoms with E-state index in [1.165, 1.54) is 0 Å². The first-order valence-electron chi connectivity index (χ1n) is 12.2. The van der Waals surface area contributed by atoms with Crippen LogP contribution < -0.4 is 4.74 Å². The molecular weight excluding hydrogens is 460 g/mol. The van der Waals surface area contributed by atoms with Crippen LogP contribution in [0.15, 0.2) is 59.0 Å². The van der Waals surface area contributed by atoms with E-state index in [-0.39, 0.29) is 24.3 Å². The molecule has 8 heteroatoms. The molecule has 0 N–H and O–H groups in total. The number of para-hydroxylation sites is 1. The lowest BCUT2D eigenvalue weighted by atomic mass is 9.98. The van der Waals surface area contributed by atoms with E-state index in [4.69, 9.17) is 18.6 Å². The van der Waals surface area contributed by atoms with E-state index in [0.717, 1.165) is 18.6 Å². The highest BCUT2D eigenvalue weighted by Gasteiger charge is 2.33. The van der Waals surface area contributed by atoms with Gasteiger partial charge in [0.25, 0.3) is 0 Å². The van der Waals surface area contributed by atoms with Crippen molar-refractivity contribution in [1.29, 1.82) is 0 Å². The SMILES string of the molecule is CCOC(=O)c1nc(C2CCCN(C(=O)OC(C)(C)C)C2)oc1-c1ccc(Oc2ccccc2)cc1. The topological polar surface area (TPSA) is 91.1 Å². The summed E-state index contributed by atoms with van der Waals surface area (Å²) in [6, 6.07) is 16.7. The largest absolute Gasteiger partial charge is 0.461 e. The van der Waals surface area contributed by atoms with E-state index in [1.54, 1.807) is 11.8 Å². The molecule has 1 aromatic heterocycles. The smallest absolute Gasteiger partial charge is 0.410 e. The number of nitrogens with zero attached hydrogens (tertiary/aromatic N) is 2. The minimum Gasteiger partial charge on any atom is -0.461 e. The van der Waals surface area contributed by atoms with E-state index >= 15 is 0 Å². The Morgan fingerprint density at radius 1 is 1.06 bits per heavy atom. The van der Waals surface area contributed by atoms with Gasteiger partial charge in [-0.1, -0.05) is 18.2 Å². The van der Waals surface area contributed by atoms with Crippen LogP contribution in [0.25, 0.3) is 11.3 Å². The van der Waals surface area contributed by atoms with Crippen LogP contribution in [0.5, 0.6) is 11.5 Å². The molecule has 0 bridgehead atoms. The fraction of sp³-hybridized carbons (Fsp3) is 0.393. The number of hydrogen-bond donors (Lipinski definition) is 0. The summed E-state index contributed by atoms with van der Waals surface area (Å²) in [5.74, 6) is 1.42. The molecule has 8 nitrogen and oxygen atoms in total. The number of rotatable bonds is 6. The van der Waals surface area contributed by atoms with Crippen molar-refractivity contribution in [3.63, 3.8) is 0 Å². The lowest BCUT2D eigenvalue weighted by molar-refractivity contribution is 0.0190. The molecule has 2 aromatic carbocycles. The van der Waals surface area contributed by atoms with E-state index in [1.807, 2.05) is 75.4 Å². The van der Waals surface area contributed by atoms with Crippen LogP contribution in [0.4, 0.5) is 4.79 Å². The number of ether oxygens (including phenoxy) is 3. The number of benzene rings is 2. The number of oxazole rings is 1. The lowest BCUT2D eigenvalue weighted by Gasteiger charge is -2.32. The van der Waals surface area contributed by atoms with Crippen molar-refractivity contribution in [2.24, 2.45) is 0 Å². The number of carbonyl (C=O) groups is 2. The number of carbonyl (C=O) groups excluding carboxylic acids is 2. The third kappa shape index (κ3) is 6.24. The number of piperidine rings is 1. The Morgan fingerprint density at radius 2 is 1.75 bits per heavy atom. The number of aromatic nitrogens is 1. The predicted molar refractivity (Wildman–Crippen MR) is 134 cm³/mol. The molecule has 0 aliphatic carbocycles. The number of likely N-dealkylation sites (tertiary alicyclic amines) is 1. The highest BCUT2D eigenvalue weighted by Crippen LogP contribution is 2.34. The summed E-state index contributed by atoms with van der Waals surface area (Å²) in [6.45, 7) is 8.50. The molecule has 1 saturated heterocycles. The summed E-state index contributed by atoms with van der Waals surface area (Å²) in [7, 11) is 0. The van der Waals surface area contributed by atoms with E-state index in [2.05, 4.69) is 4.98 Å². The van der Waals surface area contributed by atoms with Gasteiger partial charge in [-0.05, 0) is 76.9 Å². The molecule has 0 radical (unpaired) electrons. The second kappa shape index (κ2) is 10.8. The van der Waals surface area contributed by atoms with Crippen molar-refractivity contribution in [3.05, 3.63) is 66.2 Å². The Hall–Kier alpha value is -3.81. The van der Waals surface area contributed by atoms with Gasteiger partial charge in [0.2, 0.25) is 5.89 Å². The molecule has 1 amide bonds. The van der Waals surface area contributed by atoms with Gasteiger partial charge in [0.1, 0.15) is 17.1 Å². The minimum atomic E-state index is -0.576. The van der Waals surface area contributed by atoms with Gasteiger partial charge < -0.3 is 23.5 Å². The second-order valence-corrected chi connectivity index (χ2v) is 9.66. The van der Waals surface area contributed by atoms with E-state index in [9.17, 15) is 9.59 Å². The molecule has 1 aliphatic rings. The van der Waals surface area contributed by atoms with Gasteiger partial charge in [-0.25, -0.2) is 14.6 Å². The Balaban J connectivity index is 1.57. The fourth-order valence-electron chi connectivity index (χ4n) is 4.01. The zero-order valence-electron chi connectivity index (χ0n) is 21.2. The zero-order chi connectivity index (χ0) is 25.7. The summed E-state index contributed by atoms with van der Waals surface area (Å²) in [4.78, 5) is 31.5. The zero-order valence-corrected chi connectivity index (χ0v) is 21.2. The quantitative estimate of drug-likeness (QED) is 0.366. The molecular formula is C28H32N2O6. The van der Waals surface area contributed by atoms with Gasteiger partial charge in [-0.15, -0.1) is 0 Å². The third-order valence-electron chi connectivity index (χ3n) is 5.63. The van der Waals surface area contributed by atoms with Crippen LogP contribution in [0.3, 0.4) is 0 Å². The Bertz CT molecular complexity index is 1180. The van der Waals surface area contributed by atoms with Crippen LogP contribution in [-0.2, 0) is 9.47 Å². The molecule has 4 rings (SSSR count). The van der Waals surface area contributed by atoms with E-state index < -0.39 is 11.6 Å². The Kier molecular flexibility index (Phi) is 7.62. The first kappa shape index (κ1) is 25.3. The first-order valence-corrected chi connectivity index (χ1v) is 12.2. The van der Waals surface area contributed by atoms with Gasteiger partial charge in [-0.3, -0.25) is 0 Å². The highest BCUT2D eigenvalue weighted by molar-refractivity contribution is 5.93. The van der Waals surface area contributed by atoms with Crippen LogP contribution in [0.2, 0.25) is 0 Å². The molecule has 0 saturated carbocycles. The third-order valence-corrected chi connectivity index (χ3v) is 5.63. The summed E-state index contributed by atoms with van der Waals surface area (Å²) in [6.07, 6.45) is 1.20. The average molecular weight is 493 g/mol. The minimum absolute atomic E-state index is 0.123. The summed E-state index contributed by atoms with van der Waals surface area (Å²) >= 11 is 0. The van der Waals surface area contributed by atoms with Gasteiger partial charge in [0.15, 0.2) is 11.5 Å². The van der Waals surface area contributed by atoms with Gasteiger partial charge in [0.05, 0.1) is 12.5 Å². The highest BCUT2D eigenvalue weighted by atomic mass is 16.6. The predicted octanol–water partition coefficient (Wildman–Crippen LogP) is 6.43. The van der Waals surface area contributed by atoms with Crippen LogP contribution >= 0.6 is 0 Å². The van der Waals surface area contributed by atoms with Crippen LogP contribution in [0, 0.1) is 0 Å². The monoisotopic (exact) mass is 492 g/mol. The summed E-state index contributed by atoms with van der Waals surface area (Å²) in [5.41, 5.74) is 0.225. The molecule has 1 unspecified atom stereocenters. The first-order chi connectivity index (χ1) is 17.2. The molecule has 1 atom stereocenters. The molecule has 3 aromatic rings. The van der Waals surface area contributed by atoms with Crippen molar-refractivity contribution in [1.82, 2.24) is 9.88 Å². The molecule has 190 valence electrons. The van der Waals surface area contributed by atoms with Gasteiger partial charge in [0, 0.05) is 18.7 Å². The van der Waals surface area contributed by atoms with Crippen molar-refractivity contribution in [2.45, 2.75) is 52.1 Å². The fourth-order valence-corrected chi connectivity index (χ4v) is 4.01. The Morgan fingerprint density at radius 3 is 2.42 bits per heavy atom. The van der Waals surface area contributed by atoms with Crippen LogP contribution in [-0.4, -0.2) is 47.2 Å². The summed E-state index contributed by atoms with van der Waals surface area (Å²) < 4.78 is 22.8. The average Bonchev–Trinajstić information content (AvgIpc) is 3.30. The van der Waals surface area contributed by atoms with E-state index in [0.29, 0.717) is 36.1 Å². The normalized spacial score (nSPS) is 15.9. The van der Waals surface area contributed by atoms with Crippen molar-refractivity contribution in [3.8, 4) is 22.8 Å². The molecule has 36 heavy (non-hydrogen) atoms. The lowest BCUT2D eigenvalue weighted by Crippen LogP contribution is -2.42. The maximum Gasteiger partial charge on any atom is 0.410 e. The van der Waals surface area contributed by atoms with Gasteiger partial charge >= 0.3 is 12.1 Å². The maximum absolute atomic E-state index is 12.7. The van der Waals surface area contributed by atoms with Crippen LogP contribution in [0.1, 0.15) is 62.8 Å². The van der Waals surface area contributed by atoms with Crippen molar-refractivity contribution < 1.29 is 28.2 Å².